The second-order valence-corrected chi connectivity index (χ2v) is 6.02. The first-order valence-electron chi connectivity index (χ1n) is 7.67. The molecule has 0 bridgehead atoms. The van der Waals surface area contributed by atoms with Crippen molar-refractivity contribution >= 4 is 29.2 Å². The first kappa shape index (κ1) is 15.8. The van der Waals surface area contributed by atoms with Gasteiger partial charge in [-0.05, 0) is 38.2 Å². The van der Waals surface area contributed by atoms with E-state index in [0.717, 1.165) is 18.5 Å². The number of ether oxygens (including phenoxy) is 1. The summed E-state index contributed by atoms with van der Waals surface area (Å²) in [6.45, 7) is 2.13. The molecule has 1 aliphatic rings. The Bertz CT molecular complexity index is 689. The maximum atomic E-state index is 12.3. The summed E-state index contributed by atoms with van der Waals surface area (Å²) in [5.41, 5.74) is 1.45. The molecule has 0 amide bonds. The molecule has 3 rings (SSSR count). The molecule has 23 heavy (non-hydrogen) atoms. The number of nitrogens with zero attached hydrogens (tertiary/aromatic N) is 3. The highest BCUT2D eigenvalue weighted by atomic mass is 32.2. The van der Waals surface area contributed by atoms with E-state index in [4.69, 9.17) is 4.74 Å². The van der Waals surface area contributed by atoms with Gasteiger partial charge >= 0.3 is 5.97 Å². The number of anilines is 2. The third-order valence-electron chi connectivity index (χ3n) is 3.60. The molecule has 1 fully saturated rings. The fourth-order valence-corrected chi connectivity index (χ4v) is 2.76. The van der Waals surface area contributed by atoms with Gasteiger partial charge in [-0.15, -0.1) is 0 Å². The maximum absolute atomic E-state index is 12.3. The summed E-state index contributed by atoms with van der Waals surface area (Å²) < 4.78 is 5.18. The van der Waals surface area contributed by atoms with Gasteiger partial charge in [0.05, 0.1) is 6.61 Å². The number of thioether (sulfide) groups is 1. The lowest BCUT2D eigenvalue weighted by atomic mass is 10.2. The molecule has 1 aliphatic carbocycles. The van der Waals surface area contributed by atoms with E-state index in [1.165, 1.54) is 11.8 Å². The van der Waals surface area contributed by atoms with Crippen LogP contribution in [0.3, 0.4) is 0 Å². The fraction of sp³-hybridized carbons (Fsp3) is 0.353. The highest BCUT2D eigenvalue weighted by Gasteiger charge is 2.34. The molecule has 1 aromatic heterocycles. The van der Waals surface area contributed by atoms with Crippen LogP contribution in [0.5, 0.6) is 0 Å². The van der Waals surface area contributed by atoms with Crippen LogP contribution in [0.25, 0.3) is 0 Å². The van der Waals surface area contributed by atoms with Crippen molar-refractivity contribution in [3.8, 4) is 0 Å². The Morgan fingerprint density at radius 1 is 1.35 bits per heavy atom. The normalized spacial score (nSPS) is 13.7. The molecule has 2 aromatic rings. The molecule has 0 atom stereocenters. The van der Waals surface area contributed by atoms with Gasteiger partial charge in [-0.1, -0.05) is 30.0 Å². The smallest absolute Gasteiger partial charge is 0.343 e. The van der Waals surface area contributed by atoms with Gasteiger partial charge in [-0.25, -0.2) is 14.8 Å². The molecule has 1 saturated carbocycles. The average Bonchev–Trinajstić information content (AvgIpc) is 3.41. The average molecular weight is 329 g/mol. The second-order valence-electron chi connectivity index (χ2n) is 5.25. The van der Waals surface area contributed by atoms with Gasteiger partial charge < -0.3 is 9.64 Å². The number of para-hydroxylation sites is 1. The van der Waals surface area contributed by atoms with Crippen LogP contribution in [0.4, 0.5) is 11.5 Å². The quantitative estimate of drug-likeness (QED) is 0.458. The van der Waals surface area contributed by atoms with Crippen LogP contribution in [-0.4, -0.2) is 34.8 Å². The van der Waals surface area contributed by atoms with Crippen molar-refractivity contribution in [1.82, 2.24) is 9.97 Å². The lowest BCUT2D eigenvalue weighted by molar-refractivity contribution is 0.0526. The number of carbonyl (C=O) groups is 1. The molecule has 0 radical (unpaired) electrons. The van der Waals surface area contributed by atoms with Crippen LogP contribution < -0.4 is 4.90 Å². The minimum absolute atomic E-state index is 0.331. The van der Waals surface area contributed by atoms with Crippen molar-refractivity contribution < 1.29 is 9.53 Å². The summed E-state index contributed by atoms with van der Waals surface area (Å²) in [5.74, 6) is 0.258. The zero-order valence-corrected chi connectivity index (χ0v) is 14.0. The van der Waals surface area contributed by atoms with Crippen LogP contribution >= 0.6 is 11.8 Å². The van der Waals surface area contributed by atoms with E-state index in [0.29, 0.717) is 29.2 Å². The standard InChI is InChI=1S/C17H19N3O2S/c1-3-22-16(21)14-11-18-17(23-2)19-15(14)20(13-9-10-13)12-7-5-4-6-8-12/h4-8,11,13H,3,9-10H2,1-2H3. The molecule has 1 heterocycles. The molecule has 0 N–H and O–H groups in total. The number of carbonyl (C=O) groups excluding carboxylic acids is 1. The molecule has 1 aromatic carbocycles. The van der Waals surface area contributed by atoms with E-state index in [9.17, 15) is 4.79 Å². The van der Waals surface area contributed by atoms with E-state index < -0.39 is 0 Å². The van der Waals surface area contributed by atoms with Crippen molar-refractivity contribution in [1.29, 1.82) is 0 Å². The Balaban J connectivity index is 2.08. The lowest BCUT2D eigenvalue weighted by Crippen LogP contribution is -2.24. The Kier molecular flexibility index (Phi) is 4.81. The molecule has 0 spiro atoms. The third-order valence-corrected chi connectivity index (χ3v) is 4.16. The maximum Gasteiger partial charge on any atom is 0.343 e. The van der Waals surface area contributed by atoms with Crippen molar-refractivity contribution in [2.75, 3.05) is 17.8 Å². The molecule has 0 aliphatic heterocycles. The SMILES string of the molecule is CCOC(=O)c1cnc(SC)nc1N(c1ccccc1)C1CC1. The first-order valence-corrected chi connectivity index (χ1v) is 8.89. The Morgan fingerprint density at radius 3 is 2.70 bits per heavy atom. The van der Waals surface area contributed by atoms with E-state index >= 15 is 0 Å². The number of benzene rings is 1. The van der Waals surface area contributed by atoms with Crippen molar-refractivity contribution in [2.45, 2.75) is 31.0 Å². The number of rotatable bonds is 6. The lowest BCUT2D eigenvalue weighted by Gasteiger charge is -2.25. The van der Waals surface area contributed by atoms with Gasteiger partial charge in [0.15, 0.2) is 11.0 Å². The number of hydrogen-bond acceptors (Lipinski definition) is 6. The topological polar surface area (TPSA) is 55.3 Å². The van der Waals surface area contributed by atoms with Gasteiger partial charge in [0.2, 0.25) is 0 Å². The van der Waals surface area contributed by atoms with Crippen molar-refractivity contribution in [3.05, 3.63) is 42.1 Å². The molecular weight excluding hydrogens is 310 g/mol. The summed E-state index contributed by atoms with van der Waals surface area (Å²) in [6, 6.07) is 10.4. The van der Waals surface area contributed by atoms with Crippen molar-refractivity contribution in [3.63, 3.8) is 0 Å². The van der Waals surface area contributed by atoms with Gasteiger partial charge in [0, 0.05) is 17.9 Å². The van der Waals surface area contributed by atoms with Crippen LogP contribution in [0, 0.1) is 0 Å². The van der Waals surface area contributed by atoms with Crippen LogP contribution in [-0.2, 0) is 4.74 Å². The van der Waals surface area contributed by atoms with Gasteiger partial charge in [0.1, 0.15) is 5.56 Å². The van der Waals surface area contributed by atoms with E-state index in [1.807, 2.05) is 36.6 Å². The summed E-state index contributed by atoms with van der Waals surface area (Å²) in [4.78, 5) is 23.3. The van der Waals surface area contributed by atoms with Crippen LogP contribution in [0.2, 0.25) is 0 Å². The van der Waals surface area contributed by atoms with Crippen LogP contribution in [0.15, 0.2) is 41.7 Å². The van der Waals surface area contributed by atoms with Crippen molar-refractivity contribution in [2.24, 2.45) is 0 Å². The van der Waals surface area contributed by atoms with Gasteiger partial charge in [0.25, 0.3) is 0 Å². The number of esters is 1. The zero-order chi connectivity index (χ0) is 16.2. The molecular formula is C17H19N3O2S. The van der Waals surface area contributed by atoms with E-state index in [-0.39, 0.29) is 5.97 Å². The molecule has 120 valence electrons. The summed E-state index contributed by atoms with van der Waals surface area (Å²) in [5, 5.41) is 0.648. The zero-order valence-electron chi connectivity index (χ0n) is 13.2. The largest absolute Gasteiger partial charge is 0.462 e. The predicted octanol–water partition coefficient (Wildman–Crippen LogP) is 3.68. The number of hydrogen-bond donors (Lipinski definition) is 0. The monoisotopic (exact) mass is 329 g/mol. The fourth-order valence-electron chi connectivity index (χ4n) is 2.42. The van der Waals surface area contributed by atoms with Crippen LogP contribution in [0.1, 0.15) is 30.1 Å². The Labute approximate surface area is 140 Å². The number of aromatic nitrogens is 2. The minimum Gasteiger partial charge on any atom is -0.462 e. The highest BCUT2D eigenvalue weighted by Crippen LogP contribution is 2.39. The van der Waals surface area contributed by atoms with E-state index in [1.54, 1.807) is 13.1 Å². The minimum atomic E-state index is -0.378. The molecule has 0 unspecified atom stereocenters. The Hall–Kier alpha value is -2.08. The van der Waals surface area contributed by atoms with Gasteiger partial charge in [-0.3, -0.25) is 0 Å². The third kappa shape index (κ3) is 3.47. The highest BCUT2D eigenvalue weighted by molar-refractivity contribution is 7.98. The molecule has 5 nitrogen and oxygen atoms in total. The molecule has 0 saturated heterocycles. The van der Waals surface area contributed by atoms with Gasteiger partial charge in [-0.2, -0.15) is 0 Å². The first-order chi connectivity index (χ1) is 11.2. The molecule has 6 heteroatoms. The predicted molar refractivity (Wildman–Crippen MR) is 91.4 cm³/mol. The summed E-state index contributed by atoms with van der Waals surface area (Å²) >= 11 is 1.46. The Morgan fingerprint density at radius 2 is 2.09 bits per heavy atom. The summed E-state index contributed by atoms with van der Waals surface area (Å²) in [6.07, 6.45) is 5.68. The van der Waals surface area contributed by atoms with E-state index in [2.05, 4.69) is 14.9 Å². The second kappa shape index (κ2) is 7.00. The summed E-state index contributed by atoms with van der Waals surface area (Å²) in [7, 11) is 0.